The molecule has 1 aliphatic heterocycles. The molecule has 2 fully saturated rings. The molecular formula is C13H22N4S. The Morgan fingerprint density at radius 1 is 1.28 bits per heavy atom. The fourth-order valence-corrected chi connectivity index (χ4v) is 3.66. The molecule has 0 amide bonds. The number of anilines is 1. The lowest BCUT2D eigenvalue weighted by molar-refractivity contribution is 0.312. The van der Waals surface area contributed by atoms with Crippen molar-refractivity contribution in [3.63, 3.8) is 0 Å². The number of rotatable bonds is 4. The van der Waals surface area contributed by atoms with Crippen molar-refractivity contribution in [3.8, 4) is 0 Å². The van der Waals surface area contributed by atoms with E-state index in [1.54, 1.807) is 0 Å². The summed E-state index contributed by atoms with van der Waals surface area (Å²) >= 11 is 1.89. The van der Waals surface area contributed by atoms with Gasteiger partial charge in [0.2, 0.25) is 0 Å². The van der Waals surface area contributed by atoms with E-state index in [0.29, 0.717) is 0 Å². The molecule has 0 atom stereocenters. The molecular weight excluding hydrogens is 244 g/mol. The van der Waals surface area contributed by atoms with E-state index < -0.39 is 0 Å². The largest absolute Gasteiger partial charge is 0.346 e. The first-order valence-corrected chi connectivity index (χ1v) is 7.67. The van der Waals surface area contributed by atoms with E-state index in [2.05, 4.69) is 22.2 Å². The Balaban J connectivity index is 1.77. The number of piperazine rings is 1. The lowest BCUT2D eigenvalue weighted by Crippen LogP contribution is -2.44. The fourth-order valence-electron chi connectivity index (χ4n) is 2.45. The van der Waals surface area contributed by atoms with Crippen molar-refractivity contribution in [1.29, 1.82) is 0 Å². The van der Waals surface area contributed by atoms with Gasteiger partial charge in [0.25, 0.3) is 0 Å². The van der Waals surface area contributed by atoms with E-state index in [4.69, 9.17) is 4.98 Å². The summed E-state index contributed by atoms with van der Waals surface area (Å²) < 4.78 is 0. The molecule has 4 nitrogen and oxygen atoms in total. The first-order chi connectivity index (χ1) is 8.78. The van der Waals surface area contributed by atoms with E-state index in [1.807, 2.05) is 18.4 Å². The van der Waals surface area contributed by atoms with Crippen LogP contribution in [0.5, 0.6) is 0 Å². The van der Waals surface area contributed by atoms with Crippen LogP contribution < -0.4 is 10.2 Å². The third-order valence-corrected chi connectivity index (χ3v) is 4.92. The molecule has 1 saturated heterocycles. The monoisotopic (exact) mass is 266 g/mol. The van der Waals surface area contributed by atoms with Crippen LogP contribution in [-0.4, -0.2) is 50.2 Å². The highest BCUT2D eigenvalue weighted by Crippen LogP contribution is 2.44. The summed E-state index contributed by atoms with van der Waals surface area (Å²) in [6.45, 7) is 5.51. The number of nitrogens with one attached hydrogen (secondary N) is 1. The second kappa shape index (κ2) is 5.15. The third-order valence-electron chi connectivity index (χ3n) is 3.79. The summed E-state index contributed by atoms with van der Waals surface area (Å²) in [7, 11) is 4.22. The van der Waals surface area contributed by atoms with Crippen LogP contribution in [0.3, 0.4) is 0 Å². The minimum atomic E-state index is 0.755. The van der Waals surface area contributed by atoms with Crippen LogP contribution in [0.2, 0.25) is 0 Å². The van der Waals surface area contributed by atoms with Crippen LogP contribution in [0.15, 0.2) is 0 Å². The van der Waals surface area contributed by atoms with Crippen LogP contribution in [0.25, 0.3) is 0 Å². The molecule has 0 unspecified atom stereocenters. The fraction of sp³-hybridized carbons (Fsp3) is 0.769. The number of thiazole rings is 1. The summed E-state index contributed by atoms with van der Waals surface area (Å²) in [6.07, 6.45) is 2.67. The molecule has 1 aromatic heterocycles. The van der Waals surface area contributed by atoms with Crippen molar-refractivity contribution in [2.24, 2.45) is 0 Å². The molecule has 1 aliphatic carbocycles. The molecule has 2 heterocycles. The average Bonchev–Trinajstić information content (AvgIpc) is 3.13. The van der Waals surface area contributed by atoms with Gasteiger partial charge in [-0.3, -0.25) is 0 Å². The highest BCUT2D eigenvalue weighted by molar-refractivity contribution is 7.15. The lowest BCUT2D eigenvalue weighted by atomic mass is 10.2. The number of hydrogen-bond acceptors (Lipinski definition) is 5. The number of likely N-dealkylation sites (N-methyl/N-ethyl adjacent to an activating group) is 1. The normalized spacial score (nSPS) is 21.6. The number of nitrogens with zero attached hydrogens (tertiary/aromatic N) is 3. The zero-order valence-electron chi connectivity index (χ0n) is 11.3. The maximum atomic E-state index is 4.93. The molecule has 1 saturated carbocycles. The van der Waals surface area contributed by atoms with Crippen LogP contribution >= 0.6 is 11.3 Å². The van der Waals surface area contributed by atoms with Crippen LogP contribution in [0.1, 0.15) is 29.3 Å². The van der Waals surface area contributed by atoms with Gasteiger partial charge >= 0.3 is 0 Å². The molecule has 3 rings (SSSR count). The van der Waals surface area contributed by atoms with Gasteiger partial charge in [-0.25, -0.2) is 4.98 Å². The Bertz CT molecular complexity index is 405. The molecule has 0 bridgehead atoms. The van der Waals surface area contributed by atoms with E-state index in [-0.39, 0.29) is 0 Å². The molecule has 2 aliphatic rings. The summed E-state index contributed by atoms with van der Waals surface area (Å²) in [5.74, 6) is 0.755. The third kappa shape index (κ3) is 2.53. The summed E-state index contributed by atoms with van der Waals surface area (Å²) in [5.41, 5.74) is 1.38. The average molecular weight is 266 g/mol. The van der Waals surface area contributed by atoms with Gasteiger partial charge in [-0.1, -0.05) is 0 Å². The van der Waals surface area contributed by atoms with Crippen LogP contribution in [0, 0.1) is 0 Å². The molecule has 18 heavy (non-hydrogen) atoms. The predicted molar refractivity (Wildman–Crippen MR) is 76.6 cm³/mol. The van der Waals surface area contributed by atoms with Crippen molar-refractivity contribution < 1.29 is 0 Å². The maximum Gasteiger partial charge on any atom is 0.185 e. The van der Waals surface area contributed by atoms with Gasteiger partial charge in [0, 0.05) is 43.5 Å². The van der Waals surface area contributed by atoms with Crippen LogP contribution in [-0.2, 0) is 6.54 Å². The molecule has 5 heteroatoms. The summed E-state index contributed by atoms with van der Waals surface area (Å²) in [5, 5.41) is 4.52. The highest BCUT2D eigenvalue weighted by Gasteiger charge is 2.30. The Kier molecular flexibility index (Phi) is 3.54. The zero-order valence-corrected chi connectivity index (χ0v) is 12.1. The first kappa shape index (κ1) is 12.4. The molecule has 0 aromatic carbocycles. The molecule has 1 N–H and O–H groups in total. The van der Waals surface area contributed by atoms with Crippen molar-refractivity contribution >= 4 is 16.5 Å². The van der Waals surface area contributed by atoms with Gasteiger partial charge in [0.15, 0.2) is 5.13 Å². The molecule has 0 radical (unpaired) electrons. The molecule has 100 valence electrons. The van der Waals surface area contributed by atoms with Gasteiger partial charge in [-0.05, 0) is 26.9 Å². The topological polar surface area (TPSA) is 31.4 Å². The maximum absolute atomic E-state index is 4.93. The predicted octanol–water partition coefficient (Wildman–Crippen LogP) is 1.49. The first-order valence-electron chi connectivity index (χ1n) is 6.85. The van der Waals surface area contributed by atoms with E-state index >= 15 is 0 Å². The Morgan fingerprint density at radius 3 is 2.61 bits per heavy atom. The smallest absolute Gasteiger partial charge is 0.185 e. The lowest BCUT2D eigenvalue weighted by Gasteiger charge is -2.32. The Morgan fingerprint density at radius 2 is 2.00 bits per heavy atom. The minimum absolute atomic E-state index is 0.755. The van der Waals surface area contributed by atoms with Crippen molar-refractivity contribution in [2.45, 2.75) is 25.3 Å². The Labute approximate surface area is 113 Å². The number of hydrogen-bond donors (Lipinski definition) is 1. The molecule has 1 aromatic rings. The summed E-state index contributed by atoms with van der Waals surface area (Å²) in [6, 6.07) is 0. The van der Waals surface area contributed by atoms with E-state index in [1.165, 1.54) is 28.5 Å². The zero-order chi connectivity index (χ0) is 12.5. The van der Waals surface area contributed by atoms with Gasteiger partial charge < -0.3 is 15.1 Å². The van der Waals surface area contributed by atoms with Gasteiger partial charge in [-0.15, -0.1) is 11.3 Å². The second-order valence-electron chi connectivity index (χ2n) is 5.40. The van der Waals surface area contributed by atoms with Crippen molar-refractivity contribution in [3.05, 3.63) is 10.6 Å². The quantitative estimate of drug-likeness (QED) is 0.895. The standard InChI is InChI=1S/C13H22N4S/c1-14-9-11-12(10-3-4-10)15-13(18-11)17-7-5-16(2)6-8-17/h10,14H,3-9H2,1-2H3. The van der Waals surface area contributed by atoms with Gasteiger partial charge in [0.05, 0.1) is 5.69 Å². The number of aromatic nitrogens is 1. The summed E-state index contributed by atoms with van der Waals surface area (Å²) in [4.78, 5) is 11.2. The second-order valence-corrected chi connectivity index (χ2v) is 6.46. The SMILES string of the molecule is CNCc1sc(N2CCN(C)CC2)nc1C1CC1. The van der Waals surface area contributed by atoms with E-state index in [9.17, 15) is 0 Å². The van der Waals surface area contributed by atoms with Crippen molar-refractivity contribution in [2.75, 3.05) is 45.2 Å². The highest BCUT2D eigenvalue weighted by atomic mass is 32.1. The minimum Gasteiger partial charge on any atom is -0.346 e. The Hall–Kier alpha value is -0.650. The van der Waals surface area contributed by atoms with Gasteiger partial charge in [0.1, 0.15) is 0 Å². The van der Waals surface area contributed by atoms with Gasteiger partial charge in [-0.2, -0.15) is 0 Å². The van der Waals surface area contributed by atoms with E-state index in [0.717, 1.165) is 38.6 Å². The molecule has 0 spiro atoms. The van der Waals surface area contributed by atoms with Crippen LogP contribution in [0.4, 0.5) is 5.13 Å². The van der Waals surface area contributed by atoms with Crippen molar-refractivity contribution in [1.82, 2.24) is 15.2 Å².